The van der Waals surface area contributed by atoms with E-state index in [1.54, 1.807) is 13.8 Å². The molecule has 126 valence electrons. The van der Waals surface area contributed by atoms with Crippen molar-refractivity contribution in [3.63, 3.8) is 0 Å². The van der Waals surface area contributed by atoms with Gasteiger partial charge >= 0.3 is 11.9 Å². The quantitative estimate of drug-likeness (QED) is 0.672. The van der Waals surface area contributed by atoms with Gasteiger partial charge in [0.1, 0.15) is 24.9 Å². The minimum atomic E-state index is -0.799. The summed E-state index contributed by atoms with van der Waals surface area (Å²) in [5.74, 6) is -1.77. The zero-order valence-corrected chi connectivity index (χ0v) is 13.4. The largest absolute Gasteiger partial charge is 0.462 e. The molecule has 8 heteroatoms. The predicted octanol–water partition coefficient (Wildman–Crippen LogP) is 0.373. The van der Waals surface area contributed by atoms with Crippen molar-refractivity contribution in [1.82, 2.24) is 0 Å². The first kappa shape index (κ1) is 17.1. The Morgan fingerprint density at radius 1 is 1.14 bits per heavy atom. The van der Waals surface area contributed by atoms with Crippen LogP contribution in [0.3, 0.4) is 0 Å². The van der Waals surface area contributed by atoms with Gasteiger partial charge in [-0.2, -0.15) is 0 Å². The van der Waals surface area contributed by atoms with Crippen molar-refractivity contribution in [2.75, 3.05) is 13.7 Å². The van der Waals surface area contributed by atoms with Crippen LogP contribution >= 0.6 is 0 Å². The highest BCUT2D eigenvalue weighted by molar-refractivity contribution is 5.67. The molecule has 2 saturated heterocycles. The fourth-order valence-electron chi connectivity index (χ4n) is 2.69. The van der Waals surface area contributed by atoms with Crippen LogP contribution in [0.5, 0.6) is 0 Å². The second kappa shape index (κ2) is 6.49. The van der Waals surface area contributed by atoms with Gasteiger partial charge in [-0.1, -0.05) is 0 Å². The van der Waals surface area contributed by atoms with Crippen LogP contribution in [0.1, 0.15) is 27.7 Å². The standard InChI is InChI=1S/C14H22O8/c1-7(15)18-6-9(19-8(2)16)10-11-12(13(17-5)20-10)22-14(3,4)21-11/h9-13H,6H2,1-5H3/t9-,10+,11-,12-,13-/m0/s1. The van der Waals surface area contributed by atoms with Gasteiger partial charge in [-0.05, 0) is 13.8 Å². The summed E-state index contributed by atoms with van der Waals surface area (Å²) in [4.78, 5) is 22.3. The van der Waals surface area contributed by atoms with Crippen LogP contribution in [0.15, 0.2) is 0 Å². The van der Waals surface area contributed by atoms with E-state index in [4.69, 9.17) is 28.4 Å². The van der Waals surface area contributed by atoms with Crippen molar-refractivity contribution in [3.05, 3.63) is 0 Å². The average molecular weight is 318 g/mol. The Morgan fingerprint density at radius 2 is 1.77 bits per heavy atom. The van der Waals surface area contributed by atoms with E-state index in [1.807, 2.05) is 0 Å². The third-order valence-corrected chi connectivity index (χ3v) is 3.41. The molecule has 0 amide bonds. The Bertz CT molecular complexity index is 435. The van der Waals surface area contributed by atoms with E-state index in [-0.39, 0.29) is 6.61 Å². The molecular weight excluding hydrogens is 296 g/mol. The minimum Gasteiger partial charge on any atom is -0.462 e. The number of methoxy groups -OCH3 is 1. The number of rotatable bonds is 5. The lowest BCUT2D eigenvalue weighted by atomic mass is 10.1. The number of hydrogen-bond donors (Lipinski definition) is 0. The second-order valence-corrected chi connectivity index (χ2v) is 5.72. The van der Waals surface area contributed by atoms with Gasteiger partial charge in [-0.15, -0.1) is 0 Å². The van der Waals surface area contributed by atoms with Gasteiger partial charge in [-0.3, -0.25) is 9.59 Å². The predicted molar refractivity (Wildman–Crippen MR) is 71.7 cm³/mol. The SMILES string of the molecule is CO[C@H]1O[C@H]([C@H](COC(C)=O)OC(C)=O)[C@@H]2OC(C)(C)O[C@H]12. The van der Waals surface area contributed by atoms with E-state index < -0.39 is 48.4 Å². The van der Waals surface area contributed by atoms with E-state index in [1.165, 1.54) is 21.0 Å². The first-order valence-corrected chi connectivity index (χ1v) is 7.08. The maximum absolute atomic E-state index is 11.3. The number of fused-ring (bicyclic) bond motifs is 1. The van der Waals surface area contributed by atoms with Crippen molar-refractivity contribution in [2.24, 2.45) is 0 Å². The smallest absolute Gasteiger partial charge is 0.303 e. The summed E-state index contributed by atoms with van der Waals surface area (Å²) in [6.45, 7) is 5.99. The van der Waals surface area contributed by atoms with Crippen LogP contribution in [0.2, 0.25) is 0 Å². The van der Waals surface area contributed by atoms with Crippen molar-refractivity contribution in [1.29, 1.82) is 0 Å². The van der Waals surface area contributed by atoms with Gasteiger partial charge in [0.15, 0.2) is 18.2 Å². The lowest BCUT2D eigenvalue weighted by molar-refractivity contribution is -0.241. The number of esters is 2. The maximum atomic E-state index is 11.3. The molecule has 0 unspecified atom stereocenters. The highest BCUT2D eigenvalue weighted by Crippen LogP contribution is 2.40. The van der Waals surface area contributed by atoms with E-state index in [9.17, 15) is 9.59 Å². The van der Waals surface area contributed by atoms with Crippen molar-refractivity contribution >= 4 is 11.9 Å². The number of carbonyl (C=O) groups is 2. The van der Waals surface area contributed by atoms with Gasteiger partial charge < -0.3 is 28.4 Å². The van der Waals surface area contributed by atoms with Crippen LogP contribution in [-0.2, 0) is 38.0 Å². The zero-order chi connectivity index (χ0) is 16.5. The third kappa shape index (κ3) is 3.75. The van der Waals surface area contributed by atoms with Gasteiger partial charge in [0.25, 0.3) is 0 Å². The highest BCUT2D eigenvalue weighted by Gasteiger charge is 2.58. The van der Waals surface area contributed by atoms with E-state index in [0.717, 1.165) is 0 Å². The lowest BCUT2D eigenvalue weighted by Crippen LogP contribution is -2.43. The Kier molecular flexibility index (Phi) is 5.06. The van der Waals surface area contributed by atoms with Gasteiger partial charge in [0, 0.05) is 21.0 Å². The van der Waals surface area contributed by atoms with Gasteiger partial charge in [-0.25, -0.2) is 0 Å². The summed E-state index contributed by atoms with van der Waals surface area (Å²) in [5, 5.41) is 0. The summed E-state index contributed by atoms with van der Waals surface area (Å²) < 4.78 is 32.7. The fourth-order valence-corrected chi connectivity index (χ4v) is 2.69. The van der Waals surface area contributed by atoms with Crippen LogP contribution in [-0.4, -0.2) is 62.1 Å². The lowest BCUT2D eigenvalue weighted by Gasteiger charge is -2.28. The Balaban J connectivity index is 2.15. The third-order valence-electron chi connectivity index (χ3n) is 3.41. The number of ether oxygens (including phenoxy) is 6. The minimum absolute atomic E-state index is 0.122. The van der Waals surface area contributed by atoms with Crippen LogP contribution in [0.25, 0.3) is 0 Å². The van der Waals surface area contributed by atoms with Crippen LogP contribution < -0.4 is 0 Å². The average Bonchev–Trinajstić information content (AvgIpc) is 2.87. The molecule has 2 fully saturated rings. The molecule has 2 aliphatic heterocycles. The first-order chi connectivity index (χ1) is 10.2. The number of hydrogen-bond acceptors (Lipinski definition) is 8. The van der Waals surface area contributed by atoms with Crippen molar-refractivity contribution in [3.8, 4) is 0 Å². The molecular formula is C14H22O8. The van der Waals surface area contributed by atoms with E-state index in [0.29, 0.717) is 0 Å². The Hall–Kier alpha value is -1.22. The summed E-state index contributed by atoms with van der Waals surface area (Å²) in [6, 6.07) is 0. The molecule has 0 aliphatic carbocycles. The maximum Gasteiger partial charge on any atom is 0.303 e. The molecule has 5 atom stereocenters. The molecule has 0 aromatic rings. The van der Waals surface area contributed by atoms with Gasteiger partial charge in [0.05, 0.1) is 0 Å². The van der Waals surface area contributed by atoms with E-state index >= 15 is 0 Å². The van der Waals surface area contributed by atoms with E-state index in [2.05, 4.69) is 0 Å². The molecule has 2 aliphatic rings. The summed E-state index contributed by atoms with van der Waals surface area (Å²) in [6.07, 6.45) is -3.03. The molecule has 8 nitrogen and oxygen atoms in total. The first-order valence-electron chi connectivity index (χ1n) is 7.08. The summed E-state index contributed by atoms with van der Waals surface area (Å²) in [5.41, 5.74) is 0. The molecule has 0 saturated carbocycles. The fraction of sp³-hybridized carbons (Fsp3) is 0.857. The molecule has 0 aromatic carbocycles. The van der Waals surface area contributed by atoms with Crippen LogP contribution in [0, 0.1) is 0 Å². The second-order valence-electron chi connectivity index (χ2n) is 5.72. The molecule has 0 bridgehead atoms. The highest BCUT2D eigenvalue weighted by atomic mass is 16.8. The van der Waals surface area contributed by atoms with Crippen molar-refractivity contribution < 1.29 is 38.0 Å². The molecule has 0 aromatic heterocycles. The van der Waals surface area contributed by atoms with Crippen LogP contribution in [0.4, 0.5) is 0 Å². The zero-order valence-electron chi connectivity index (χ0n) is 13.4. The molecule has 0 N–H and O–H groups in total. The normalized spacial score (nSPS) is 34.0. The summed E-state index contributed by atoms with van der Waals surface area (Å²) >= 11 is 0. The molecule has 0 radical (unpaired) electrons. The number of carbonyl (C=O) groups excluding carboxylic acids is 2. The topological polar surface area (TPSA) is 89.5 Å². The monoisotopic (exact) mass is 318 g/mol. The van der Waals surface area contributed by atoms with Crippen molar-refractivity contribution in [2.45, 2.75) is 64.2 Å². The molecule has 22 heavy (non-hydrogen) atoms. The molecule has 0 spiro atoms. The Morgan fingerprint density at radius 3 is 2.32 bits per heavy atom. The van der Waals surface area contributed by atoms with Gasteiger partial charge in [0.2, 0.25) is 0 Å². The summed E-state index contributed by atoms with van der Waals surface area (Å²) in [7, 11) is 1.49. The Labute approximate surface area is 128 Å². The molecule has 2 heterocycles. The molecule has 2 rings (SSSR count).